The van der Waals surface area contributed by atoms with Gasteiger partial charge in [-0.25, -0.2) is 4.99 Å². The largest absolute Gasteiger partial charge is 0.416 e. The molecular weight excluding hydrogens is 387 g/mol. The van der Waals surface area contributed by atoms with Crippen LogP contribution in [0.2, 0.25) is 0 Å². The lowest BCUT2D eigenvalue weighted by Gasteiger charge is -2.30. The predicted molar refractivity (Wildman–Crippen MR) is 105 cm³/mol. The topological polar surface area (TPSA) is 58.7 Å². The van der Waals surface area contributed by atoms with E-state index < -0.39 is 22.5 Å². The Morgan fingerprint density at radius 1 is 1.07 bits per heavy atom. The number of alkyl halides is 3. The van der Waals surface area contributed by atoms with Crippen molar-refractivity contribution in [2.24, 2.45) is 10.7 Å². The molecule has 3 aromatic rings. The highest BCUT2D eigenvalue weighted by Crippen LogP contribution is 2.36. The Balaban J connectivity index is 1.80. The molecule has 0 amide bonds. The summed E-state index contributed by atoms with van der Waals surface area (Å²) in [6, 6.07) is 16.4. The van der Waals surface area contributed by atoms with Gasteiger partial charge in [-0.05, 0) is 29.7 Å². The molecule has 0 radical (unpaired) electrons. The van der Waals surface area contributed by atoms with E-state index in [0.717, 1.165) is 22.9 Å². The molecule has 0 bridgehead atoms. The average molecular weight is 403 g/mol. The van der Waals surface area contributed by atoms with E-state index in [-0.39, 0.29) is 23.9 Å². The van der Waals surface area contributed by atoms with E-state index in [1.54, 1.807) is 6.07 Å². The fourth-order valence-corrected chi connectivity index (χ4v) is 4.42. The van der Waals surface area contributed by atoms with E-state index in [1.807, 2.05) is 36.4 Å². The van der Waals surface area contributed by atoms with Gasteiger partial charge in [-0.1, -0.05) is 36.4 Å². The van der Waals surface area contributed by atoms with Gasteiger partial charge >= 0.3 is 6.18 Å². The highest BCUT2D eigenvalue weighted by Gasteiger charge is 2.33. The van der Waals surface area contributed by atoms with Crippen LogP contribution >= 0.6 is 0 Å². The number of nitrogens with zero attached hydrogens (tertiary/aromatic N) is 2. The number of aliphatic imine (C=N–C) groups is 1. The van der Waals surface area contributed by atoms with Crippen LogP contribution in [0.3, 0.4) is 0 Å². The van der Waals surface area contributed by atoms with Crippen LogP contribution in [0.15, 0.2) is 70.6 Å². The van der Waals surface area contributed by atoms with Crippen molar-refractivity contribution in [1.29, 1.82) is 0 Å². The second-order valence-corrected chi connectivity index (χ2v) is 7.89. The van der Waals surface area contributed by atoms with Crippen LogP contribution in [0.25, 0.3) is 10.8 Å². The molecule has 0 saturated heterocycles. The molecule has 4 rings (SSSR count). The monoisotopic (exact) mass is 403 g/mol. The minimum Gasteiger partial charge on any atom is -0.369 e. The molecule has 3 aromatic carbocycles. The van der Waals surface area contributed by atoms with E-state index in [0.29, 0.717) is 10.6 Å². The second-order valence-electron chi connectivity index (χ2n) is 6.35. The fourth-order valence-electron chi connectivity index (χ4n) is 3.23. The van der Waals surface area contributed by atoms with Crippen LogP contribution in [0.4, 0.5) is 24.5 Å². The number of fused-ring (bicyclic) bond motifs is 2. The molecule has 1 aliphatic heterocycles. The van der Waals surface area contributed by atoms with Gasteiger partial charge in [0.15, 0.2) is 0 Å². The lowest BCUT2D eigenvalue weighted by atomic mass is 10.1. The molecule has 1 aliphatic rings. The summed E-state index contributed by atoms with van der Waals surface area (Å²) in [4.78, 5) is 6.29. The third-order valence-corrected chi connectivity index (χ3v) is 5.99. The van der Waals surface area contributed by atoms with Crippen molar-refractivity contribution in [3.05, 3.63) is 66.2 Å². The maximum Gasteiger partial charge on any atom is 0.416 e. The number of benzene rings is 3. The van der Waals surface area contributed by atoms with Gasteiger partial charge in [0.2, 0.25) is 5.96 Å². The molecule has 28 heavy (non-hydrogen) atoms. The van der Waals surface area contributed by atoms with Crippen LogP contribution < -0.4 is 10.6 Å². The summed E-state index contributed by atoms with van der Waals surface area (Å²) in [6.45, 7) is 0.223. The van der Waals surface area contributed by atoms with E-state index in [1.165, 1.54) is 11.0 Å². The number of hydrogen-bond donors (Lipinski definition) is 1. The van der Waals surface area contributed by atoms with Crippen molar-refractivity contribution in [2.75, 3.05) is 17.2 Å². The second kappa shape index (κ2) is 6.94. The van der Waals surface area contributed by atoms with Crippen molar-refractivity contribution >= 4 is 38.9 Å². The molecule has 0 saturated carbocycles. The number of rotatable bonds is 1. The van der Waals surface area contributed by atoms with Crippen LogP contribution in [0.1, 0.15) is 5.56 Å². The Morgan fingerprint density at radius 2 is 1.82 bits per heavy atom. The number of halogens is 3. The van der Waals surface area contributed by atoms with Crippen LogP contribution in [-0.4, -0.2) is 22.5 Å². The Labute approximate surface area is 161 Å². The van der Waals surface area contributed by atoms with Gasteiger partial charge in [-0.15, -0.1) is 0 Å². The highest BCUT2D eigenvalue weighted by atomic mass is 32.2. The molecule has 0 aromatic heterocycles. The Hall–Kier alpha value is -2.87. The molecular formula is C20H16F3N3OS. The van der Waals surface area contributed by atoms with E-state index in [2.05, 4.69) is 4.99 Å². The third kappa shape index (κ3) is 3.35. The number of nitrogens with two attached hydrogens (primary N) is 1. The molecule has 0 aliphatic carbocycles. The molecule has 1 unspecified atom stereocenters. The summed E-state index contributed by atoms with van der Waals surface area (Å²) < 4.78 is 51.7. The van der Waals surface area contributed by atoms with Gasteiger partial charge in [-0.2, -0.15) is 13.2 Å². The Bertz CT molecular complexity index is 1110. The average Bonchev–Trinajstić information content (AvgIpc) is 2.67. The normalized spacial score (nSPS) is 17.6. The summed E-state index contributed by atoms with van der Waals surface area (Å²) in [5, 5.41) is 1.87. The zero-order valence-electron chi connectivity index (χ0n) is 14.6. The van der Waals surface area contributed by atoms with Gasteiger partial charge in [0.25, 0.3) is 0 Å². The maximum atomic E-state index is 13.1. The molecule has 144 valence electrons. The minimum absolute atomic E-state index is 0.0635. The standard InChI is InChI=1S/C20H16F3N3OS/c21-20(22,23)14-8-9-18-17(12-14)26(10-11-28(18)27)19(24)25-16-7-3-5-13-4-1-2-6-15(13)16/h1-9,12H,10-11H2,(H2,24,25). The van der Waals surface area contributed by atoms with Gasteiger partial charge in [0.1, 0.15) is 0 Å². The number of hydrogen-bond acceptors (Lipinski definition) is 2. The quantitative estimate of drug-likeness (QED) is 0.483. The third-order valence-electron chi connectivity index (χ3n) is 4.60. The van der Waals surface area contributed by atoms with Crippen molar-refractivity contribution in [1.82, 2.24) is 0 Å². The van der Waals surface area contributed by atoms with E-state index in [9.17, 15) is 17.4 Å². The van der Waals surface area contributed by atoms with Crippen molar-refractivity contribution < 1.29 is 17.4 Å². The zero-order valence-corrected chi connectivity index (χ0v) is 15.4. The molecule has 1 atom stereocenters. The van der Waals surface area contributed by atoms with Gasteiger partial charge in [0, 0.05) is 17.7 Å². The lowest BCUT2D eigenvalue weighted by molar-refractivity contribution is -0.137. The maximum absolute atomic E-state index is 13.1. The molecule has 1 heterocycles. The molecule has 0 fully saturated rings. The van der Waals surface area contributed by atoms with E-state index in [4.69, 9.17) is 5.73 Å². The first-order valence-electron chi connectivity index (χ1n) is 8.54. The first kappa shape index (κ1) is 18.5. The number of anilines is 1. The minimum atomic E-state index is -4.50. The molecule has 2 N–H and O–H groups in total. The summed E-state index contributed by atoms with van der Waals surface area (Å²) >= 11 is 0. The van der Waals surface area contributed by atoms with Crippen LogP contribution in [0, 0.1) is 0 Å². The molecule has 4 nitrogen and oxygen atoms in total. The first-order valence-corrected chi connectivity index (χ1v) is 9.85. The van der Waals surface area contributed by atoms with Crippen LogP contribution in [-0.2, 0) is 17.0 Å². The highest BCUT2D eigenvalue weighted by molar-refractivity contribution is 7.85. The molecule has 8 heteroatoms. The van der Waals surface area contributed by atoms with Gasteiger partial charge in [-0.3, -0.25) is 4.21 Å². The van der Waals surface area contributed by atoms with E-state index >= 15 is 0 Å². The molecule has 0 spiro atoms. The first-order chi connectivity index (χ1) is 13.3. The van der Waals surface area contributed by atoms with Crippen molar-refractivity contribution in [2.45, 2.75) is 11.1 Å². The smallest absolute Gasteiger partial charge is 0.369 e. The Kier molecular flexibility index (Phi) is 4.58. The summed E-state index contributed by atoms with van der Waals surface area (Å²) in [7, 11) is -1.38. The Morgan fingerprint density at radius 3 is 2.61 bits per heavy atom. The summed E-state index contributed by atoms with van der Waals surface area (Å²) in [5.74, 6) is 0.332. The van der Waals surface area contributed by atoms with Gasteiger partial charge in [0.05, 0.1) is 32.6 Å². The predicted octanol–water partition coefficient (Wildman–Crippen LogP) is 4.43. The van der Waals surface area contributed by atoms with Gasteiger partial charge < -0.3 is 10.6 Å². The SMILES string of the molecule is NC(=Nc1cccc2ccccc12)N1CCS(=O)c2ccc(C(F)(F)F)cc21. The van der Waals surface area contributed by atoms with Crippen LogP contribution in [0.5, 0.6) is 0 Å². The lowest BCUT2D eigenvalue weighted by Crippen LogP contribution is -2.43. The van der Waals surface area contributed by atoms with Crippen molar-refractivity contribution in [3.63, 3.8) is 0 Å². The van der Waals surface area contributed by atoms with Crippen molar-refractivity contribution in [3.8, 4) is 0 Å². The zero-order chi connectivity index (χ0) is 19.9. The fraction of sp³-hybridized carbons (Fsp3) is 0.150. The summed E-state index contributed by atoms with van der Waals surface area (Å²) in [5.41, 5.74) is 6.18. The summed E-state index contributed by atoms with van der Waals surface area (Å²) in [6.07, 6.45) is -4.50. The number of guanidine groups is 1.